The van der Waals surface area contributed by atoms with Gasteiger partial charge in [0.25, 0.3) is 0 Å². The third-order valence-electron chi connectivity index (χ3n) is 3.67. The van der Waals surface area contributed by atoms with Gasteiger partial charge < -0.3 is 24.8 Å². The van der Waals surface area contributed by atoms with E-state index in [0.717, 1.165) is 5.56 Å². The van der Waals surface area contributed by atoms with E-state index in [1.165, 1.54) is 0 Å². The lowest BCUT2D eigenvalue weighted by molar-refractivity contribution is -0.121. The zero-order chi connectivity index (χ0) is 17.0. The minimum absolute atomic E-state index is 0.141. The van der Waals surface area contributed by atoms with Crippen LogP contribution in [0.5, 0.6) is 5.75 Å². The number of amides is 1. The molecule has 23 heavy (non-hydrogen) atoms. The molecule has 1 aromatic rings. The van der Waals surface area contributed by atoms with Crippen molar-refractivity contribution in [1.29, 1.82) is 0 Å². The summed E-state index contributed by atoms with van der Waals surface area (Å²) in [6.45, 7) is 6.16. The maximum Gasteiger partial charge on any atom is 0.547 e. The van der Waals surface area contributed by atoms with Crippen LogP contribution < -0.4 is 9.97 Å². The zero-order valence-corrected chi connectivity index (χ0v) is 13.8. The molecule has 1 aliphatic rings. The van der Waals surface area contributed by atoms with Crippen molar-refractivity contribution in [2.45, 2.75) is 45.8 Å². The summed E-state index contributed by atoms with van der Waals surface area (Å²) < 4.78 is 11.0. The predicted octanol–water partition coefficient (Wildman–Crippen LogP) is 1.20. The molecule has 0 radical (unpaired) electrons. The summed E-state index contributed by atoms with van der Waals surface area (Å²) in [4.78, 5) is 11.5. The summed E-state index contributed by atoms with van der Waals surface area (Å²) >= 11 is 0. The molecule has 1 amide bonds. The zero-order valence-electron chi connectivity index (χ0n) is 13.8. The van der Waals surface area contributed by atoms with Gasteiger partial charge in [-0.15, -0.1) is 0 Å². The molecule has 0 aliphatic carbocycles. The van der Waals surface area contributed by atoms with Crippen LogP contribution in [0.2, 0.25) is 0 Å². The Morgan fingerprint density at radius 3 is 2.91 bits per heavy atom. The third-order valence-corrected chi connectivity index (χ3v) is 3.67. The Labute approximate surface area is 136 Å². The Hall–Kier alpha value is -1.57. The second-order valence-electron chi connectivity index (χ2n) is 6.16. The first-order chi connectivity index (χ1) is 10.9. The van der Waals surface area contributed by atoms with Gasteiger partial charge >= 0.3 is 7.12 Å². The second kappa shape index (κ2) is 7.81. The Morgan fingerprint density at radius 1 is 1.52 bits per heavy atom. The van der Waals surface area contributed by atoms with Crippen LogP contribution in [0.4, 0.5) is 0 Å². The van der Waals surface area contributed by atoms with Gasteiger partial charge in [-0.3, -0.25) is 4.79 Å². The number of aliphatic hydroxyl groups is 1. The van der Waals surface area contributed by atoms with Crippen LogP contribution in [0.15, 0.2) is 18.2 Å². The van der Waals surface area contributed by atoms with E-state index in [4.69, 9.17) is 9.39 Å². The highest BCUT2D eigenvalue weighted by atomic mass is 16.6. The van der Waals surface area contributed by atoms with E-state index in [-0.39, 0.29) is 5.91 Å². The fourth-order valence-corrected chi connectivity index (χ4v) is 2.45. The van der Waals surface area contributed by atoms with E-state index in [0.29, 0.717) is 36.7 Å². The van der Waals surface area contributed by atoms with Gasteiger partial charge in [-0.1, -0.05) is 39.0 Å². The summed E-state index contributed by atoms with van der Waals surface area (Å²) in [6, 6.07) is 5.36. The van der Waals surface area contributed by atoms with Gasteiger partial charge in [-0.25, -0.2) is 0 Å². The Bertz CT molecular complexity index is 551. The number of nitrogens with one attached hydrogen (secondary N) is 1. The number of benzene rings is 1. The van der Waals surface area contributed by atoms with E-state index in [2.05, 4.69) is 5.32 Å². The quantitative estimate of drug-likeness (QED) is 0.541. The maximum atomic E-state index is 11.5. The molecule has 0 saturated heterocycles. The van der Waals surface area contributed by atoms with Gasteiger partial charge in [0, 0.05) is 12.0 Å². The van der Waals surface area contributed by atoms with E-state index < -0.39 is 19.3 Å². The van der Waals surface area contributed by atoms with E-state index in [1.807, 2.05) is 19.9 Å². The van der Waals surface area contributed by atoms with Crippen molar-refractivity contribution in [1.82, 2.24) is 5.32 Å². The van der Waals surface area contributed by atoms with Gasteiger partial charge in [-0.2, -0.15) is 0 Å². The standard InChI is InChI=1S/C16H24BNO5/c1-4-14(19)18-13-8-11-6-5-7-12(15(11)23-17(13)21)16(20)22-9-10(2)3/h5-7,10,13,16,20-21H,4,8-9H2,1-3H3,(H,18,19)/t13-,16?/m0/s1. The van der Waals surface area contributed by atoms with Crippen molar-refractivity contribution >= 4 is 13.0 Å². The van der Waals surface area contributed by atoms with Gasteiger partial charge in [0.15, 0.2) is 6.29 Å². The van der Waals surface area contributed by atoms with Crippen molar-refractivity contribution in [2.75, 3.05) is 6.61 Å². The molecular weight excluding hydrogens is 297 g/mol. The second-order valence-corrected chi connectivity index (χ2v) is 6.16. The predicted molar refractivity (Wildman–Crippen MR) is 86.7 cm³/mol. The number of hydrogen-bond donors (Lipinski definition) is 3. The summed E-state index contributed by atoms with van der Waals surface area (Å²) in [5.41, 5.74) is 1.31. The first kappa shape index (κ1) is 17.8. The highest BCUT2D eigenvalue weighted by Gasteiger charge is 2.37. The molecule has 0 bridgehead atoms. The first-order valence-corrected chi connectivity index (χ1v) is 7.97. The average Bonchev–Trinajstić information content (AvgIpc) is 2.52. The van der Waals surface area contributed by atoms with Gasteiger partial charge in [0.2, 0.25) is 5.91 Å². The number of carbonyl (C=O) groups excluding carboxylic acids is 1. The van der Waals surface area contributed by atoms with Crippen molar-refractivity contribution in [2.24, 2.45) is 5.92 Å². The molecule has 3 N–H and O–H groups in total. The smallest absolute Gasteiger partial charge is 0.534 e. The summed E-state index contributed by atoms with van der Waals surface area (Å²) in [6.07, 6.45) is -0.327. The van der Waals surface area contributed by atoms with E-state index in [9.17, 15) is 14.9 Å². The molecule has 6 nitrogen and oxygen atoms in total. The Morgan fingerprint density at radius 2 is 2.26 bits per heavy atom. The SMILES string of the molecule is CCC(=O)N[C@H]1Cc2cccc(C(O)OCC(C)C)c2OB1O. The topological polar surface area (TPSA) is 88.0 Å². The lowest BCUT2D eigenvalue weighted by atomic mass is 9.72. The van der Waals surface area contributed by atoms with Crippen molar-refractivity contribution in [3.8, 4) is 5.75 Å². The summed E-state index contributed by atoms with van der Waals surface area (Å²) in [7, 11) is -1.16. The van der Waals surface area contributed by atoms with Gasteiger partial charge in [-0.05, 0) is 17.9 Å². The molecule has 126 valence electrons. The molecule has 0 fully saturated rings. The number of hydrogen-bond acceptors (Lipinski definition) is 5. The minimum Gasteiger partial charge on any atom is -0.534 e. The molecular formula is C16H24BNO5. The normalized spacial score (nSPS) is 18.3. The Balaban J connectivity index is 2.16. The fraction of sp³-hybridized carbons (Fsp3) is 0.562. The molecule has 1 aliphatic heterocycles. The summed E-state index contributed by atoms with van der Waals surface area (Å²) in [5, 5.41) is 23.1. The van der Waals surface area contributed by atoms with Crippen LogP contribution in [-0.2, 0) is 16.0 Å². The summed E-state index contributed by atoms with van der Waals surface area (Å²) in [5.74, 6) is 0.0825. The number of para-hydroxylation sites is 1. The molecule has 2 atom stereocenters. The number of fused-ring (bicyclic) bond motifs is 1. The number of aliphatic hydroxyl groups excluding tert-OH is 1. The van der Waals surface area contributed by atoms with E-state index in [1.54, 1.807) is 19.1 Å². The van der Waals surface area contributed by atoms with Crippen LogP contribution in [0.1, 0.15) is 44.6 Å². The van der Waals surface area contributed by atoms with Crippen LogP contribution >= 0.6 is 0 Å². The van der Waals surface area contributed by atoms with E-state index >= 15 is 0 Å². The van der Waals surface area contributed by atoms with Crippen molar-refractivity contribution < 1.29 is 24.3 Å². The number of rotatable bonds is 6. The van der Waals surface area contributed by atoms with Gasteiger partial charge in [0.05, 0.1) is 12.5 Å². The van der Waals surface area contributed by atoms with Crippen molar-refractivity contribution in [3.05, 3.63) is 29.3 Å². The van der Waals surface area contributed by atoms with Crippen LogP contribution in [-0.4, -0.2) is 35.7 Å². The van der Waals surface area contributed by atoms with Crippen LogP contribution in [0.3, 0.4) is 0 Å². The molecule has 1 aromatic carbocycles. The first-order valence-electron chi connectivity index (χ1n) is 7.97. The molecule has 1 unspecified atom stereocenters. The molecule has 7 heteroatoms. The third kappa shape index (κ3) is 4.47. The lowest BCUT2D eigenvalue weighted by Crippen LogP contribution is -2.53. The molecule has 1 heterocycles. The minimum atomic E-state index is -1.16. The molecule has 0 spiro atoms. The molecule has 2 rings (SSSR count). The monoisotopic (exact) mass is 321 g/mol. The fourth-order valence-electron chi connectivity index (χ4n) is 2.45. The highest BCUT2D eigenvalue weighted by molar-refractivity contribution is 6.46. The van der Waals surface area contributed by atoms with Gasteiger partial charge in [0.1, 0.15) is 5.75 Å². The van der Waals surface area contributed by atoms with Crippen LogP contribution in [0.25, 0.3) is 0 Å². The lowest BCUT2D eigenvalue weighted by Gasteiger charge is -2.30. The highest BCUT2D eigenvalue weighted by Crippen LogP contribution is 2.34. The van der Waals surface area contributed by atoms with Crippen LogP contribution in [0, 0.1) is 5.92 Å². The number of ether oxygens (including phenoxy) is 1. The largest absolute Gasteiger partial charge is 0.547 e. The van der Waals surface area contributed by atoms with Crippen molar-refractivity contribution in [3.63, 3.8) is 0 Å². The molecule has 0 aromatic heterocycles. The molecule has 0 saturated carbocycles. The Kier molecular flexibility index (Phi) is 6.04. The maximum absolute atomic E-state index is 11.5. The average molecular weight is 321 g/mol. The number of carbonyl (C=O) groups is 1.